The van der Waals surface area contributed by atoms with Crippen molar-refractivity contribution in [2.75, 3.05) is 26.0 Å². The van der Waals surface area contributed by atoms with Gasteiger partial charge >= 0.3 is 0 Å². The Morgan fingerprint density at radius 3 is 2.86 bits per heavy atom. The normalized spacial score (nSPS) is 14.7. The minimum atomic E-state index is -0.505. The predicted octanol–water partition coefficient (Wildman–Crippen LogP) is 2.75. The molecule has 146 valence electrons. The lowest BCUT2D eigenvalue weighted by molar-refractivity contribution is -0.127. The largest absolute Gasteiger partial charge is 0.411 e. The van der Waals surface area contributed by atoms with Crippen molar-refractivity contribution >= 4 is 34.9 Å². The highest BCUT2D eigenvalue weighted by Crippen LogP contribution is 2.26. The van der Waals surface area contributed by atoms with Crippen LogP contribution in [-0.2, 0) is 17.6 Å². The van der Waals surface area contributed by atoms with Crippen molar-refractivity contribution < 1.29 is 14.4 Å². The number of aromatic nitrogens is 1. The molecule has 0 saturated heterocycles. The molecule has 0 aliphatic carbocycles. The Morgan fingerprint density at radius 1 is 1.39 bits per heavy atom. The molecule has 1 aliphatic heterocycles. The lowest BCUT2D eigenvalue weighted by Crippen LogP contribution is -2.25. The Balaban J connectivity index is 1.83. The van der Waals surface area contributed by atoms with E-state index in [0.717, 1.165) is 5.56 Å². The number of rotatable bonds is 5. The molecule has 1 amide bonds. The summed E-state index contributed by atoms with van der Waals surface area (Å²) in [6.07, 6.45) is 2.29. The summed E-state index contributed by atoms with van der Waals surface area (Å²) in [6.45, 7) is 0.0354. The van der Waals surface area contributed by atoms with Crippen LogP contribution in [0.5, 0.6) is 0 Å². The van der Waals surface area contributed by atoms with E-state index in [4.69, 9.17) is 11.6 Å². The summed E-state index contributed by atoms with van der Waals surface area (Å²) in [4.78, 5) is 21.8. The van der Waals surface area contributed by atoms with Crippen LogP contribution >= 0.6 is 11.6 Å². The van der Waals surface area contributed by atoms with E-state index in [2.05, 4.69) is 20.4 Å². The van der Waals surface area contributed by atoms with E-state index in [1.807, 2.05) is 0 Å². The van der Waals surface area contributed by atoms with E-state index >= 15 is 0 Å². The highest BCUT2D eigenvalue weighted by molar-refractivity contribution is 6.30. The molecule has 0 fully saturated rings. The monoisotopic (exact) mass is 403 g/mol. The molecule has 28 heavy (non-hydrogen) atoms. The molecule has 0 spiro atoms. The van der Waals surface area contributed by atoms with E-state index < -0.39 is 5.82 Å². The van der Waals surface area contributed by atoms with Crippen LogP contribution < -0.4 is 5.32 Å². The summed E-state index contributed by atoms with van der Waals surface area (Å²) in [5.74, 6) is 0.610. The van der Waals surface area contributed by atoms with Crippen molar-refractivity contribution in [3.63, 3.8) is 0 Å². The van der Waals surface area contributed by atoms with Crippen molar-refractivity contribution in [2.24, 2.45) is 10.1 Å². The van der Waals surface area contributed by atoms with Crippen LogP contribution in [0.4, 0.5) is 10.2 Å². The van der Waals surface area contributed by atoms with Crippen LogP contribution in [0.3, 0.4) is 0 Å². The molecule has 0 bridgehead atoms. The second-order valence-electron chi connectivity index (χ2n) is 6.51. The summed E-state index contributed by atoms with van der Waals surface area (Å²) in [5.41, 5.74) is 2.62. The van der Waals surface area contributed by atoms with E-state index in [1.54, 1.807) is 32.4 Å². The molecule has 9 heteroatoms. The minimum Gasteiger partial charge on any atom is -0.411 e. The van der Waals surface area contributed by atoms with Crippen molar-refractivity contribution in [3.05, 3.63) is 58.0 Å². The first-order valence-corrected chi connectivity index (χ1v) is 8.90. The average Bonchev–Trinajstić information content (AvgIpc) is 3.10. The van der Waals surface area contributed by atoms with Gasteiger partial charge in [0.05, 0.1) is 10.7 Å². The maximum absolute atomic E-state index is 13.4. The number of benzene rings is 1. The number of carbonyl (C=O) groups excluding carboxylic acids is 1. The molecule has 3 rings (SSSR count). The molecular formula is C19H19ClFN5O2. The average molecular weight is 404 g/mol. The van der Waals surface area contributed by atoms with Gasteiger partial charge in [-0.15, -0.1) is 0 Å². The van der Waals surface area contributed by atoms with Crippen LogP contribution in [0.1, 0.15) is 16.7 Å². The summed E-state index contributed by atoms with van der Waals surface area (Å²) in [5, 5.41) is 16.1. The van der Waals surface area contributed by atoms with Gasteiger partial charge in [-0.1, -0.05) is 22.8 Å². The Hall–Kier alpha value is -3.00. The van der Waals surface area contributed by atoms with Crippen LogP contribution in [0, 0.1) is 5.82 Å². The maximum atomic E-state index is 13.4. The number of amides is 1. The van der Waals surface area contributed by atoms with Gasteiger partial charge in [0, 0.05) is 44.3 Å². The number of aliphatic imine (C=N–C) groups is 1. The van der Waals surface area contributed by atoms with Gasteiger partial charge in [0.1, 0.15) is 24.0 Å². The van der Waals surface area contributed by atoms with Crippen molar-refractivity contribution in [1.82, 2.24) is 9.88 Å². The van der Waals surface area contributed by atoms with Crippen LogP contribution in [0.15, 0.2) is 40.6 Å². The number of pyridine rings is 1. The Bertz CT molecular complexity index is 975. The third-order valence-corrected chi connectivity index (χ3v) is 4.64. The third kappa shape index (κ3) is 4.28. The number of halogens is 2. The van der Waals surface area contributed by atoms with Crippen molar-refractivity contribution in [3.8, 4) is 0 Å². The molecule has 2 aromatic rings. The number of oxime groups is 1. The summed E-state index contributed by atoms with van der Waals surface area (Å²) >= 11 is 5.84. The van der Waals surface area contributed by atoms with Gasteiger partial charge in [-0.25, -0.2) is 9.37 Å². The SMILES string of the molecule is CN(C)C(=O)CN=C1Cc2c(/C(Cc3ccc(F)c(Cl)c3)=N/O)ccnc2N1. The molecule has 7 nitrogen and oxygen atoms in total. The highest BCUT2D eigenvalue weighted by atomic mass is 35.5. The lowest BCUT2D eigenvalue weighted by atomic mass is 9.98. The standard InChI is InChI=1S/C19H19ClFN5O2/c1-26(2)18(27)10-23-17-9-13-12(5-6-22-19(13)24-17)16(25-28)8-11-3-4-15(21)14(20)7-11/h3-7,28H,8-10H2,1-2H3,(H,22,23,24)/b25-16+. The second-order valence-corrected chi connectivity index (χ2v) is 6.92. The van der Waals surface area contributed by atoms with Gasteiger partial charge < -0.3 is 15.4 Å². The number of likely N-dealkylation sites (N-methyl/N-ethyl adjacent to an activating group) is 1. The molecule has 0 saturated carbocycles. The molecule has 0 atom stereocenters. The van der Waals surface area contributed by atoms with Gasteiger partial charge in [0.15, 0.2) is 0 Å². The number of amidine groups is 1. The third-order valence-electron chi connectivity index (χ3n) is 4.35. The second kappa shape index (κ2) is 8.35. The minimum absolute atomic E-state index is 0.0105. The smallest absolute Gasteiger partial charge is 0.243 e. The van der Waals surface area contributed by atoms with E-state index in [1.165, 1.54) is 17.0 Å². The molecule has 1 aromatic heterocycles. The molecule has 2 N–H and O–H groups in total. The van der Waals surface area contributed by atoms with Gasteiger partial charge in [-0.3, -0.25) is 9.79 Å². The summed E-state index contributed by atoms with van der Waals surface area (Å²) < 4.78 is 13.4. The number of nitrogens with one attached hydrogen (secondary N) is 1. The van der Waals surface area contributed by atoms with Crippen LogP contribution in [0.25, 0.3) is 0 Å². The molecule has 1 aliphatic rings. The molecule has 0 radical (unpaired) electrons. The Kier molecular flexibility index (Phi) is 5.89. The number of carbonyl (C=O) groups is 1. The Labute approximate surface area is 166 Å². The van der Waals surface area contributed by atoms with Crippen molar-refractivity contribution in [1.29, 1.82) is 0 Å². The fourth-order valence-electron chi connectivity index (χ4n) is 2.83. The zero-order valence-electron chi connectivity index (χ0n) is 15.4. The molecule has 0 unspecified atom stereocenters. The lowest BCUT2D eigenvalue weighted by Gasteiger charge is -2.09. The molecular weight excluding hydrogens is 385 g/mol. The fraction of sp³-hybridized carbons (Fsp3) is 0.263. The number of hydrogen-bond acceptors (Lipinski definition) is 5. The van der Waals surface area contributed by atoms with Crippen molar-refractivity contribution in [2.45, 2.75) is 12.8 Å². The van der Waals surface area contributed by atoms with Crippen LogP contribution in [0.2, 0.25) is 5.02 Å². The Morgan fingerprint density at radius 2 is 2.18 bits per heavy atom. The molecule has 2 heterocycles. The maximum Gasteiger partial charge on any atom is 0.243 e. The van der Waals surface area contributed by atoms with Gasteiger partial charge in [-0.2, -0.15) is 0 Å². The van der Waals surface area contributed by atoms with Crippen LogP contribution in [-0.4, -0.2) is 53.2 Å². The topological polar surface area (TPSA) is 90.2 Å². The number of fused-ring (bicyclic) bond motifs is 1. The zero-order chi connectivity index (χ0) is 20.3. The van der Waals surface area contributed by atoms with E-state index in [0.29, 0.717) is 34.9 Å². The first-order chi connectivity index (χ1) is 13.4. The molecule has 1 aromatic carbocycles. The van der Waals surface area contributed by atoms with Gasteiger partial charge in [-0.05, 0) is 23.8 Å². The summed E-state index contributed by atoms with van der Waals surface area (Å²) in [6, 6.07) is 6.11. The van der Waals surface area contributed by atoms with E-state index in [-0.39, 0.29) is 23.9 Å². The first kappa shape index (κ1) is 19.8. The van der Waals surface area contributed by atoms with E-state index in [9.17, 15) is 14.4 Å². The quantitative estimate of drug-likeness (QED) is 0.456. The van der Waals surface area contributed by atoms with Gasteiger partial charge in [0.2, 0.25) is 5.91 Å². The number of anilines is 1. The number of nitrogens with zero attached hydrogens (tertiary/aromatic N) is 4. The zero-order valence-corrected chi connectivity index (χ0v) is 16.2. The fourth-order valence-corrected chi connectivity index (χ4v) is 3.03. The first-order valence-electron chi connectivity index (χ1n) is 8.52. The summed E-state index contributed by atoms with van der Waals surface area (Å²) in [7, 11) is 3.34. The highest BCUT2D eigenvalue weighted by Gasteiger charge is 2.23. The van der Waals surface area contributed by atoms with Gasteiger partial charge in [0.25, 0.3) is 0 Å². The predicted molar refractivity (Wildman–Crippen MR) is 106 cm³/mol. The number of hydrogen-bond donors (Lipinski definition) is 2.